The van der Waals surface area contributed by atoms with Crippen molar-refractivity contribution in [1.29, 1.82) is 0 Å². The molecule has 0 aliphatic rings. The summed E-state index contributed by atoms with van der Waals surface area (Å²) in [7, 11) is 0. The third kappa shape index (κ3) is 5.52. The summed E-state index contributed by atoms with van der Waals surface area (Å²) in [4.78, 5) is 11.5. The van der Waals surface area contributed by atoms with Crippen molar-refractivity contribution in [3.05, 3.63) is 35.4 Å². The third-order valence-electron chi connectivity index (χ3n) is 2.59. The Bertz CT molecular complexity index is 369. The van der Waals surface area contributed by atoms with Crippen LogP contribution in [-0.2, 0) is 22.7 Å². The molecular weight excluding hydrogens is 250 g/mol. The molecule has 0 unspecified atom stereocenters. The zero-order valence-electron chi connectivity index (χ0n) is 10.7. The fourth-order valence-electron chi connectivity index (χ4n) is 1.59. The Kier molecular flexibility index (Phi) is 7.46. The van der Waals surface area contributed by atoms with E-state index in [0.717, 1.165) is 11.1 Å². The molecule has 0 aromatic heterocycles. The molecule has 0 atom stereocenters. The van der Waals surface area contributed by atoms with Crippen LogP contribution in [0, 0.1) is 0 Å². The summed E-state index contributed by atoms with van der Waals surface area (Å²) in [6, 6.07) is 7.98. The van der Waals surface area contributed by atoms with Gasteiger partial charge in [0.05, 0.1) is 6.61 Å². The largest absolute Gasteiger partial charge is 0.377 e. The summed E-state index contributed by atoms with van der Waals surface area (Å²) >= 11 is 5.55. The molecule has 18 heavy (non-hydrogen) atoms. The van der Waals surface area contributed by atoms with E-state index in [4.69, 9.17) is 16.3 Å². The van der Waals surface area contributed by atoms with Crippen LogP contribution in [0.1, 0.15) is 30.9 Å². The van der Waals surface area contributed by atoms with Gasteiger partial charge < -0.3 is 10.1 Å². The van der Waals surface area contributed by atoms with Crippen LogP contribution in [0.4, 0.5) is 0 Å². The van der Waals surface area contributed by atoms with E-state index in [-0.39, 0.29) is 5.91 Å². The fourth-order valence-corrected chi connectivity index (χ4v) is 1.73. The van der Waals surface area contributed by atoms with Gasteiger partial charge in [0.25, 0.3) is 0 Å². The van der Waals surface area contributed by atoms with Crippen molar-refractivity contribution >= 4 is 17.5 Å². The summed E-state index contributed by atoms with van der Waals surface area (Å²) in [5.74, 6) is 0.566. The van der Waals surface area contributed by atoms with Crippen LogP contribution in [0.2, 0.25) is 0 Å². The van der Waals surface area contributed by atoms with Gasteiger partial charge in [-0.3, -0.25) is 4.79 Å². The van der Waals surface area contributed by atoms with Crippen molar-refractivity contribution in [3.63, 3.8) is 0 Å². The highest BCUT2D eigenvalue weighted by Gasteiger charge is 2.04. The number of hydrogen-bond acceptors (Lipinski definition) is 2. The molecule has 0 bridgehead atoms. The molecule has 1 amide bonds. The lowest BCUT2D eigenvalue weighted by atomic mass is 10.1. The normalized spacial score (nSPS) is 10.3. The molecule has 0 heterocycles. The number of benzene rings is 1. The van der Waals surface area contributed by atoms with Gasteiger partial charge in [0, 0.05) is 25.5 Å². The van der Waals surface area contributed by atoms with Gasteiger partial charge in [0.1, 0.15) is 0 Å². The first-order valence-corrected chi connectivity index (χ1v) is 6.78. The van der Waals surface area contributed by atoms with E-state index in [0.29, 0.717) is 38.5 Å². The first-order valence-electron chi connectivity index (χ1n) is 6.25. The van der Waals surface area contributed by atoms with Gasteiger partial charge in [-0.25, -0.2) is 0 Å². The second-order valence-corrected chi connectivity index (χ2v) is 4.35. The van der Waals surface area contributed by atoms with Crippen LogP contribution in [0.15, 0.2) is 24.3 Å². The predicted octanol–water partition coefficient (Wildman–Crippen LogP) is 2.86. The van der Waals surface area contributed by atoms with Crippen LogP contribution in [0.5, 0.6) is 0 Å². The molecule has 0 radical (unpaired) electrons. The predicted molar refractivity (Wildman–Crippen MR) is 73.6 cm³/mol. The minimum absolute atomic E-state index is 0.0434. The van der Waals surface area contributed by atoms with Crippen molar-refractivity contribution in [2.75, 3.05) is 12.5 Å². The van der Waals surface area contributed by atoms with Crippen LogP contribution in [0.25, 0.3) is 0 Å². The third-order valence-corrected chi connectivity index (χ3v) is 2.86. The van der Waals surface area contributed by atoms with Gasteiger partial charge in [0.2, 0.25) is 5.91 Å². The first kappa shape index (κ1) is 15.0. The van der Waals surface area contributed by atoms with Crippen molar-refractivity contribution < 1.29 is 9.53 Å². The van der Waals surface area contributed by atoms with E-state index < -0.39 is 0 Å². The molecule has 0 aliphatic heterocycles. The van der Waals surface area contributed by atoms with Crippen LogP contribution in [0.3, 0.4) is 0 Å². The SMILES string of the molecule is CCOCc1ccccc1CNC(=O)CCCCl. The van der Waals surface area contributed by atoms with E-state index >= 15 is 0 Å². The molecule has 0 aliphatic carbocycles. The summed E-state index contributed by atoms with van der Waals surface area (Å²) in [5, 5.41) is 2.90. The highest BCUT2D eigenvalue weighted by Crippen LogP contribution is 2.10. The lowest BCUT2D eigenvalue weighted by molar-refractivity contribution is -0.121. The molecule has 1 aromatic carbocycles. The van der Waals surface area contributed by atoms with Gasteiger partial charge in [-0.1, -0.05) is 24.3 Å². The monoisotopic (exact) mass is 269 g/mol. The van der Waals surface area contributed by atoms with E-state index in [1.54, 1.807) is 0 Å². The zero-order valence-corrected chi connectivity index (χ0v) is 11.5. The average molecular weight is 270 g/mol. The second-order valence-electron chi connectivity index (χ2n) is 3.98. The molecule has 4 heteroatoms. The second kappa shape index (κ2) is 8.95. The lowest BCUT2D eigenvalue weighted by Gasteiger charge is -2.10. The molecular formula is C14H20ClNO2. The number of amides is 1. The highest BCUT2D eigenvalue weighted by atomic mass is 35.5. The maximum atomic E-state index is 11.5. The molecule has 1 N–H and O–H groups in total. The molecule has 0 fully saturated rings. The number of ether oxygens (including phenoxy) is 1. The smallest absolute Gasteiger partial charge is 0.220 e. The van der Waals surface area contributed by atoms with Crippen molar-refractivity contribution in [1.82, 2.24) is 5.32 Å². The first-order chi connectivity index (χ1) is 8.77. The fraction of sp³-hybridized carbons (Fsp3) is 0.500. The lowest BCUT2D eigenvalue weighted by Crippen LogP contribution is -2.23. The number of carbonyl (C=O) groups is 1. The Labute approximate surface area is 113 Å². The standard InChI is InChI=1S/C14H20ClNO2/c1-2-18-11-13-7-4-3-6-12(13)10-16-14(17)8-5-9-15/h3-4,6-7H,2,5,8-11H2,1H3,(H,16,17). The van der Waals surface area contributed by atoms with Gasteiger partial charge >= 0.3 is 0 Å². The maximum absolute atomic E-state index is 11.5. The zero-order chi connectivity index (χ0) is 13.2. The summed E-state index contributed by atoms with van der Waals surface area (Å²) < 4.78 is 5.40. The van der Waals surface area contributed by atoms with Crippen molar-refractivity contribution in [3.8, 4) is 0 Å². The Morgan fingerprint density at radius 1 is 1.33 bits per heavy atom. The van der Waals surface area contributed by atoms with Gasteiger partial charge in [0.15, 0.2) is 0 Å². The number of carbonyl (C=O) groups excluding carboxylic acids is 1. The minimum Gasteiger partial charge on any atom is -0.377 e. The average Bonchev–Trinajstić information content (AvgIpc) is 2.41. The quantitative estimate of drug-likeness (QED) is 0.737. The molecule has 1 aromatic rings. The summed E-state index contributed by atoms with van der Waals surface area (Å²) in [5.41, 5.74) is 2.22. The Morgan fingerprint density at radius 3 is 2.72 bits per heavy atom. The van der Waals surface area contributed by atoms with Crippen LogP contribution < -0.4 is 5.32 Å². The van der Waals surface area contributed by atoms with Gasteiger partial charge in [-0.05, 0) is 24.5 Å². The van der Waals surface area contributed by atoms with Gasteiger partial charge in [-0.2, -0.15) is 0 Å². The summed E-state index contributed by atoms with van der Waals surface area (Å²) in [6.45, 7) is 3.79. The van der Waals surface area contributed by atoms with E-state index in [9.17, 15) is 4.79 Å². The van der Waals surface area contributed by atoms with E-state index in [1.165, 1.54) is 0 Å². The molecule has 1 rings (SSSR count). The molecule has 0 spiro atoms. The highest BCUT2D eigenvalue weighted by molar-refractivity contribution is 6.17. The topological polar surface area (TPSA) is 38.3 Å². The number of rotatable bonds is 8. The molecule has 0 saturated heterocycles. The number of halogens is 1. The number of nitrogens with one attached hydrogen (secondary N) is 1. The van der Waals surface area contributed by atoms with Gasteiger partial charge in [-0.15, -0.1) is 11.6 Å². The molecule has 0 saturated carbocycles. The van der Waals surface area contributed by atoms with E-state index in [1.807, 2.05) is 31.2 Å². The Morgan fingerprint density at radius 2 is 2.06 bits per heavy atom. The van der Waals surface area contributed by atoms with Crippen LogP contribution in [-0.4, -0.2) is 18.4 Å². The van der Waals surface area contributed by atoms with Crippen molar-refractivity contribution in [2.24, 2.45) is 0 Å². The van der Waals surface area contributed by atoms with Crippen LogP contribution >= 0.6 is 11.6 Å². The Balaban J connectivity index is 2.47. The number of alkyl halides is 1. The minimum atomic E-state index is 0.0434. The Hall–Kier alpha value is -1.06. The molecule has 3 nitrogen and oxygen atoms in total. The number of hydrogen-bond donors (Lipinski definition) is 1. The van der Waals surface area contributed by atoms with Crippen molar-refractivity contribution in [2.45, 2.75) is 32.9 Å². The van der Waals surface area contributed by atoms with E-state index in [2.05, 4.69) is 5.32 Å². The maximum Gasteiger partial charge on any atom is 0.220 e. The summed E-state index contributed by atoms with van der Waals surface area (Å²) in [6.07, 6.45) is 1.20. The molecule has 100 valence electrons.